The highest BCUT2D eigenvalue weighted by atomic mass is 19.4. The number of benzene rings is 1. The molecule has 0 spiro atoms. The van der Waals surface area contributed by atoms with Gasteiger partial charge in [0, 0.05) is 17.1 Å². The minimum Gasteiger partial charge on any atom is -0.475 e. The summed E-state index contributed by atoms with van der Waals surface area (Å²) >= 11 is 0. The van der Waals surface area contributed by atoms with E-state index in [0.717, 1.165) is 5.39 Å². The van der Waals surface area contributed by atoms with Crippen LogP contribution in [0.3, 0.4) is 0 Å². The van der Waals surface area contributed by atoms with Crippen LogP contribution in [0.15, 0.2) is 57.4 Å². The number of alkyl halides is 3. The fourth-order valence-electron chi connectivity index (χ4n) is 4.11. The standard InChI is InChI=1S/C22H16F3NO4/c23-22(24,25)14-5-6-15-13(9-14)10-16(19-11-12-3-1-2-4-17(12)29-19)26(15)20-8-7-18(30-20)21(27)28/h1-4,7-8,10-11,14H,5-6,9H2,(H,27,28). The molecule has 1 unspecified atom stereocenters. The second kappa shape index (κ2) is 6.55. The third-order valence-corrected chi connectivity index (χ3v) is 5.55. The SMILES string of the molecule is O=C(O)c1ccc(-n2c(-c3cc4ccccc4o3)cc3c2CCC(C(F)(F)F)C3)o1. The molecule has 0 aliphatic heterocycles. The molecule has 1 atom stereocenters. The third kappa shape index (κ3) is 2.99. The van der Waals surface area contributed by atoms with Crippen molar-refractivity contribution in [3.8, 4) is 17.3 Å². The highest BCUT2D eigenvalue weighted by molar-refractivity contribution is 5.85. The zero-order chi connectivity index (χ0) is 21.0. The van der Waals surface area contributed by atoms with Gasteiger partial charge in [-0.2, -0.15) is 13.2 Å². The summed E-state index contributed by atoms with van der Waals surface area (Å²) in [7, 11) is 0. The van der Waals surface area contributed by atoms with Crippen molar-refractivity contribution >= 4 is 16.9 Å². The molecule has 0 fully saturated rings. The molecule has 1 aliphatic carbocycles. The fourth-order valence-corrected chi connectivity index (χ4v) is 4.11. The van der Waals surface area contributed by atoms with Crippen molar-refractivity contribution in [2.75, 3.05) is 0 Å². The van der Waals surface area contributed by atoms with Crippen LogP contribution in [0.2, 0.25) is 0 Å². The predicted molar refractivity (Wildman–Crippen MR) is 102 cm³/mol. The van der Waals surface area contributed by atoms with Crippen molar-refractivity contribution in [2.24, 2.45) is 5.92 Å². The average Bonchev–Trinajstić information content (AvgIpc) is 3.41. The van der Waals surface area contributed by atoms with Gasteiger partial charge < -0.3 is 13.9 Å². The maximum atomic E-state index is 13.3. The van der Waals surface area contributed by atoms with Crippen LogP contribution in [0, 0.1) is 5.92 Å². The maximum absolute atomic E-state index is 13.3. The summed E-state index contributed by atoms with van der Waals surface area (Å²) in [5, 5.41) is 10.1. The summed E-state index contributed by atoms with van der Waals surface area (Å²) in [5.41, 5.74) is 2.42. The van der Waals surface area contributed by atoms with E-state index in [1.54, 1.807) is 16.7 Å². The van der Waals surface area contributed by atoms with Crippen molar-refractivity contribution in [1.82, 2.24) is 4.57 Å². The molecule has 154 valence electrons. The van der Waals surface area contributed by atoms with Crippen molar-refractivity contribution in [3.05, 3.63) is 65.5 Å². The summed E-state index contributed by atoms with van der Waals surface area (Å²) in [6.45, 7) is 0. The molecule has 30 heavy (non-hydrogen) atoms. The molecule has 0 bridgehead atoms. The smallest absolute Gasteiger partial charge is 0.392 e. The van der Waals surface area contributed by atoms with Gasteiger partial charge in [0.2, 0.25) is 11.6 Å². The van der Waals surface area contributed by atoms with E-state index in [4.69, 9.17) is 8.83 Å². The molecule has 1 aromatic carbocycles. The van der Waals surface area contributed by atoms with Gasteiger partial charge in [0.25, 0.3) is 0 Å². The van der Waals surface area contributed by atoms with E-state index >= 15 is 0 Å². The summed E-state index contributed by atoms with van der Waals surface area (Å²) in [6, 6.07) is 13.7. The van der Waals surface area contributed by atoms with Gasteiger partial charge in [0.15, 0.2) is 5.76 Å². The number of hydrogen-bond acceptors (Lipinski definition) is 3. The number of fused-ring (bicyclic) bond motifs is 2. The van der Waals surface area contributed by atoms with Gasteiger partial charge >= 0.3 is 12.1 Å². The van der Waals surface area contributed by atoms with Gasteiger partial charge in [-0.3, -0.25) is 4.57 Å². The van der Waals surface area contributed by atoms with Crippen LogP contribution in [-0.2, 0) is 12.8 Å². The first-order chi connectivity index (χ1) is 14.3. The van der Waals surface area contributed by atoms with Gasteiger partial charge in [0.1, 0.15) is 5.58 Å². The molecule has 5 nitrogen and oxygen atoms in total. The zero-order valence-corrected chi connectivity index (χ0v) is 15.6. The largest absolute Gasteiger partial charge is 0.475 e. The lowest BCUT2D eigenvalue weighted by atomic mass is 9.87. The Balaban J connectivity index is 1.69. The second-order valence-electron chi connectivity index (χ2n) is 7.41. The molecule has 0 radical (unpaired) electrons. The van der Waals surface area contributed by atoms with Gasteiger partial charge in [-0.25, -0.2) is 4.79 Å². The van der Waals surface area contributed by atoms with Crippen molar-refractivity contribution < 1.29 is 31.9 Å². The number of aromatic carboxylic acids is 1. The molecule has 4 aromatic rings. The average molecular weight is 415 g/mol. The molecule has 3 heterocycles. The van der Waals surface area contributed by atoms with Gasteiger partial charge in [-0.1, -0.05) is 18.2 Å². The molecule has 1 N–H and O–H groups in total. The maximum Gasteiger partial charge on any atom is 0.392 e. The molecule has 0 saturated carbocycles. The van der Waals surface area contributed by atoms with Crippen LogP contribution in [0.1, 0.15) is 28.2 Å². The Morgan fingerprint density at radius 1 is 1.10 bits per heavy atom. The lowest BCUT2D eigenvalue weighted by molar-refractivity contribution is -0.177. The number of furan rings is 2. The van der Waals surface area contributed by atoms with E-state index < -0.39 is 18.1 Å². The van der Waals surface area contributed by atoms with E-state index in [1.165, 1.54) is 12.1 Å². The Labute approximate surface area is 168 Å². The van der Waals surface area contributed by atoms with Gasteiger partial charge in [-0.15, -0.1) is 0 Å². The Kier molecular flexibility index (Phi) is 4.06. The first-order valence-corrected chi connectivity index (χ1v) is 9.44. The van der Waals surface area contributed by atoms with E-state index in [-0.39, 0.29) is 30.9 Å². The van der Waals surface area contributed by atoms with Crippen molar-refractivity contribution in [1.29, 1.82) is 0 Å². The summed E-state index contributed by atoms with van der Waals surface area (Å²) in [5.74, 6) is -2.16. The van der Waals surface area contributed by atoms with E-state index in [0.29, 0.717) is 28.3 Å². The first-order valence-electron chi connectivity index (χ1n) is 9.44. The molecule has 3 aromatic heterocycles. The van der Waals surface area contributed by atoms with E-state index in [1.807, 2.05) is 24.3 Å². The van der Waals surface area contributed by atoms with Gasteiger partial charge in [-0.05, 0) is 49.1 Å². The summed E-state index contributed by atoms with van der Waals surface area (Å²) in [4.78, 5) is 11.3. The van der Waals surface area contributed by atoms with E-state index in [9.17, 15) is 23.1 Å². The second-order valence-corrected chi connectivity index (χ2v) is 7.41. The van der Waals surface area contributed by atoms with Crippen LogP contribution in [0.4, 0.5) is 13.2 Å². The topological polar surface area (TPSA) is 68.5 Å². The Hall–Kier alpha value is -3.42. The highest BCUT2D eigenvalue weighted by Crippen LogP contribution is 2.42. The number of hydrogen-bond donors (Lipinski definition) is 1. The Bertz CT molecular complexity index is 1230. The third-order valence-electron chi connectivity index (χ3n) is 5.55. The number of carboxylic acids is 1. The minimum absolute atomic E-state index is 0.0351. The minimum atomic E-state index is -4.26. The number of nitrogens with zero attached hydrogens (tertiary/aromatic N) is 1. The van der Waals surface area contributed by atoms with Crippen LogP contribution in [-0.4, -0.2) is 21.8 Å². The monoisotopic (exact) mass is 415 g/mol. The highest BCUT2D eigenvalue weighted by Gasteiger charge is 2.42. The number of rotatable bonds is 3. The predicted octanol–water partition coefficient (Wildman–Crippen LogP) is 5.85. The number of halogens is 3. The number of aromatic nitrogens is 1. The molecule has 5 rings (SSSR count). The number of carboxylic acid groups (broad SMARTS) is 1. The molecular weight excluding hydrogens is 399 g/mol. The van der Waals surface area contributed by atoms with Crippen LogP contribution in [0.25, 0.3) is 28.3 Å². The fraction of sp³-hybridized carbons (Fsp3) is 0.227. The van der Waals surface area contributed by atoms with Crippen molar-refractivity contribution in [3.63, 3.8) is 0 Å². The lowest BCUT2D eigenvalue weighted by Crippen LogP contribution is -2.29. The van der Waals surface area contributed by atoms with Gasteiger partial charge in [0.05, 0.1) is 11.6 Å². The summed E-state index contributed by atoms with van der Waals surface area (Å²) < 4.78 is 53.0. The molecule has 1 aliphatic rings. The number of para-hydroxylation sites is 1. The molecule has 8 heteroatoms. The summed E-state index contributed by atoms with van der Waals surface area (Å²) in [6.07, 6.45) is -4.23. The normalized spacial score (nSPS) is 16.7. The zero-order valence-electron chi connectivity index (χ0n) is 15.6. The number of carbonyl (C=O) groups is 1. The van der Waals surface area contributed by atoms with E-state index in [2.05, 4.69) is 0 Å². The van der Waals surface area contributed by atoms with Crippen LogP contribution < -0.4 is 0 Å². The van der Waals surface area contributed by atoms with Crippen LogP contribution in [0.5, 0.6) is 0 Å². The molecule has 0 amide bonds. The lowest BCUT2D eigenvalue weighted by Gasteiger charge is -2.25. The van der Waals surface area contributed by atoms with Crippen molar-refractivity contribution in [2.45, 2.75) is 25.4 Å². The quantitative estimate of drug-likeness (QED) is 0.456. The Morgan fingerprint density at radius 3 is 2.60 bits per heavy atom. The molecular formula is C22H16F3NO4. The Morgan fingerprint density at radius 2 is 1.90 bits per heavy atom. The first kappa shape index (κ1) is 18.6. The molecule has 0 saturated heterocycles. The van der Waals surface area contributed by atoms with Crippen LogP contribution >= 0.6 is 0 Å².